The maximum atomic E-state index is 11.5. The first kappa shape index (κ1) is 16.7. The first-order chi connectivity index (χ1) is 9.59. The topological polar surface area (TPSA) is 56.8 Å². The van der Waals surface area contributed by atoms with Crippen LogP contribution in [-0.2, 0) is 20.2 Å². The number of alkyl carbamates (subject to hydrolysis) is 1. The second kappa shape index (κ2) is 8.73. The lowest BCUT2D eigenvalue weighted by molar-refractivity contribution is 0.139. The molecule has 0 spiro atoms. The number of ether oxygens (including phenoxy) is 1. The van der Waals surface area contributed by atoms with Crippen molar-refractivity contribution in [3.63, 3.8) is 0 Å². The molecule has 0 saturated carbocycles. The van der Waals surface area contributed by atoms with E-state index < -0.39 is 14.7 Å². The lowest BCUT2D eigenvalue weighted by Crippen LogP contribution is -2.37. The van der Waals surface area contributed by atoms with Gasteiger partial charge in [-0.3, -0.25) is 0 Å². The molecule has 0 aliphatic heterocycles. The van der Waals surface area contributed by atoms with Crippen LogP contribution in [0.5, 0.6) is 0 Å². The van der Waals surface area contributed by atoms with Gasteiger partial charge in [0.05, 0.1) is 0 Å². The van der Waals surface area contributed by atoms with Crippen molar-refractivity contribution in [2.24, 2.45) is 0 Å². The number of carbonyl (C=O) groups is 1. The maximum absolute atomic E-state index is 11.5. The average molecular weight is 297 g/mol. The molecule has 0 unspecified atom stereocenters. The molecule has 1 aromatic carbocycles. The van der Waals surface area contributed by atoms with Gasteiger partial charge in [0.1, 0.15) is 6.61 Å². The Balaban J connectivity index is 2.15. The number of hydrogen-bond donors (Lipinski definition) is 1. The molecule has 112 valence electrons. The molecule has 0 aliphatic rings. The summed E-state index contributed by atoms with van der Waals surface area (Å²) in [5.74, 6) is 0. The fourth-order valence-corrected chi connectivity index (χ4v) is 3.06. The number of nitrogens with one attached hydrogen (secondary N) is 1. The number of carbonyl (C=O) groups excluding carboxylic acids is 1. The number of hydrogen-bond acceptors (Lipinski definition) is 4. The monoisotopic (exact) mass is 297 g/mol. The molecule has 0 heterocycles. The molecule has 0 saturated heterocycles. The highest BCUT2D eigenvalue weighted by atomic mass is 28.4. The minimum atomic E-state index is -2.03. The molecular weight excluding hydrogens is 274 g/mol. The fraction of sp³-hybridized carbons (Fsp3) is 0.500. The molecule has 20 heavy (non-hydrogen) atoms. The molecule has 0 fully saturated rings. The molecule has 0 radical (unpaired) electrons. The Kier molecular flexibility index (Phi) is 7.28. The van der Waals surface area contributed by atoms with Crippen molar-refractivity contribution in [1.29, 1.82) is 0 Å². The van der Waals surface area contributed by atoms with E-state index in [2.05, 4.69) is 5.32 Å². The molecule has 0 aromatic heterocycles. The van der Waals surface area contributed by atoms with Crippen molar-refractivity contribution in [1.82, 2.24) is 5.32 Å². The minimum Gasteiger partial charge on any atom is -0.445 e. The van der Waals surface area contributed by atoms with E-state index in [0.29, 0.717) is 6.54 Å². The minimum absolute atomic E-state index is 0.287. The van der Waals surface area contributed by atoms with E-state index in [-0.39, 0.29) is 6.61 Å². The van der Waals surface area contributed by atoms with Crippen molar-refractivity contribution in [2.45, 2.75) is 25.6 Å². The number of rotatable bonds is 8. The van der Waals surface area contributed by atoms with E-state index in [9.17, 15) is 4.79 Å². The highest BCUT2D eigenvalue weighted by Gasteiger charge is 2.27. The molecule has 5 nitrogen and oxygen atoms in total. The van der Waals surface area contributed by atoms with Crippen LogP contribution in [0.15, 0.2) is 30.3 Å². The van der Waals surface area contributed by atoms with Gasteiger partial charge in [-0.25, -0.2) is 4.79 Å². The highest BCUT2D eigenvalue weighted by molar-refractivity contribution is 6.65. The molecule has 1 amide bonds. The van der Waals surface area contributed by atoms with Crippen LogP contribution in [0.4, 0.5) is 4.79 Å². The molecule has 6 heteroatoms. The van der Waals surface area contributed by atoms with Crippen molar-refractivity contribution >= 4 is 14.7 Å². The summed E-state index contributed by atoms with van der Waals surface area (Å²) in [5, 5.41) is 2.72. The van der Waals surface area contributed by atoms with Gasteiger partial charge < -0.3 is 18.9 Å². The normalized spacial score (nSPS) is 11.2. The quantitative estimate of drug-likeness (QED) is 0.592. The van der Waals surface area contributed by atoms with Crippen molar-refractivity contribution in [2.75, 3.05) is 20.8 Å². The SMILES string of the molecule is CO[Si](C)(CCCNC(=O)OCc1ccccc1)OC. The van der Waals surface area contributed by atoms with E-state index in [1.165, 1.54) is 0 Å². The number of benzene rings is 1. The van der Waals surface area contributed by atoms with Crippen LogP contribution in [0.25, 0.3) is 0 Å². The van der Waals surface area contributed by atoms with Crippen LogP contribution in [0.3, 0.4) is 0 Å². The summed E-state index contributed by atoms with van der Waals surface area (Å²) in [5.41, 5.74) is 0.974. The van der Waals surface area contributed by atoms with E-state index in [1.807, 2.05) is 36.9 Å². The second-order valence-electron chi connectivity index (χ2n) is 4.63. The third kappa shape index (κ3) is 6.18. The lowest BCUT2D eigenvalue weighted by Gasteiger charge is -2.22. The van der Waals surface area contributed by atoms with Crippen LogP contribution in [0.1, 0.15) is 12.0 Å². The zero-order valence-electron chi connectivity index (χ0n) is 12.3. The second-order valence-corrected chi connectivity index (χ2v) is 8.22. The summed E-state index contributed by atoms with van der Waals surface area (Å²) in [7, 11) is 1.30. The van der Waals surface area contributed by atoms with Gasteiger partial charge in [-0.15, -0.1) is 0 Å². The van der Waals surface area contributed by atoms with Gasteiger partial charge in [0.2, 0.25) is 0 Å². The van der Waals surface area contributed by atoms with Gasteiger partial charge in [0.25, 0.3) is 0 Å². The third-order valence-corrected chi connectivity index (χ3v) is 6.14. The maximum Gasteiger partial charge on any atom is 0.407 e. The van der Waals surface area contributed by atoms with Gasteiger partial charge in [0, 0.05) is 20.8 Å². The van der Waals surface area contributed by atoms with Crippen LogP contribution in [0, 0.1) is 0 Å². The Morgan fingerprint density at radius 1 is 1.20 bits per heavy atom. The molecule has 0 bridgehead atoms. The summed E-state index contributed by atoms with van der Waals surface area (Å²) < 4.78 is 15.9. The lowest BCUT2D eigenvalue weighted by atomic mass is 10.2. The Hall–Kier alpha value is -1.37. The van der Waals surface area contributed by atoms with Crippen LogP contribution < -0.4 is 5.32 Å². The van der Waals surface area contributed by atoms with E-state index in [1.54, 1.807) is 14.2 Å². The van der Waals surface area contributed by atoms with Crippen LogP contribution >= 0.6 is 0 Å². The Labute approximate surface area is 121 Å². The molecule has 1 aromatic rings. The molecule has 0 atom stereocenters. The van der Waals surface area contributed by atoms with Crippen LogP contribution in [-0.4, -0.2) is 35.4 Å². The molecule has 1 N–H and O–H groups in total. The summed E-state index contributed by atoms with van der Waals surface area (Å²) in [6, 6.07) is 10.4. The third-order valence-electron chi connectivity index (χ3n) is 3.15. The molecule has 0 aliphatic carbocycles. The number of amides is 1. The largest absolute Gasteiger partial charge is 0.445 e. The van der Waals surface area contributed by atoms with Crippen molar-refractivity contribution in [3.05, 3.63) is 35.9 Å². The molecule has 1 rings (SSSR count). The predicted molar refractivity (Wildman–Crippen MR) is 79.7 cm³/mol. The summed E-state index contributed by atoms with van der Waals surface area (Å²) in [6.07, 6.45) is 0.414. The van der Waals surface area contributed by atoms with Gasteiger partial charge in [-0.1, -0.05) is 30.3 Å². The average Bonchev–Trinajstić information content (AvgIpc) is 2.50. The van der Waals surface area contributed by atoms with Crippen molar-refractivity contribution in [3.8, 4) is 0 Å². The highest BCUT2D eigenvalue weighted by Crippen LogP contribution is 2.12. The van der Waals surface area contributed by atoms with E-state index >= 15 is 0 Å². The zero-order valence-corrected chi connectivity index (χ0v) is 13.3. The zero-order chi connectivity index (χ0) is 14.8. The standard InChI is InChI=1S/C14H23NO4Si/c1-17-20(3,18-2)11-7-10-15-14(16)19-12-13-8-5-4-6-9-13/h4-6,8-9H,7,10-12H2,1-3H3,(H,15,16). The van der Waals surface area contributed by atoms with Gasteiger partial charge in [-0.2, -0.15) is 0 Å². The summed E-state index contributed by atoms with van der Waals surface area (Å²) >= 11 is 0. The Morgan fingerprint density at radius 3 is 2.45 bits per heavy atom. The molecular formula is C14H23NO4Si. The first-order valence-corrected chi connectivity index (χ1v) is 9.17. The van der Waals surface area contributed by atoms with Crippen LogP contribution in [0.2, 0.25) is 12.6 Å². The van der Waals surface area contributed by atoms with E-state index in [4.69, 9.17) is 13.6 Å². The van der Waals surface area contributed by atoms with Gasteiger partial charge >= 0.3 is 14.7 Å². The predicted octanol–water partition coefficient (Wildman–Crippen LogP) is 2.67. The summed E-state index contributed by atoms with van der Waals surface area (Å²) in [6.45, 7) is 2.85. The summed E-state index contributed by atoms with van der Waals surface area (Å²) in [4.78, 5) is 11.5. The smallest absolute Gasteiger partial charge is 0.407 e. The van der Waals surface area contributed by atoms with Gasteiger partial charge in [0.15, 0.2) is 0 Å². The van der Waals surface area contributed by atoms with Crippen molar-refractivity contribution < 1.29 is 18.4 Å². The Morgan fingerprint density at radius 2 is 1.85 bits per heavy atom. The van der Waals surface area contributed by atoms with Gasteiger partial charge in [-0.05, 0) is 24.6 Å². The van der Waals surface area contributed by atoms with E-state index in [0.717, 1.165) is 18.0 Å². The fourth-order valence-electron chi connectivity index (χ4n) is 1.66. The Bertz CT molecular complexity index is 395. The first-order valence-electron chi connectivity index (χ1n) is 6.64.